The largest absolute Gasteiger partial charge is 0.396 e. The van der Waals surface area contributed by atoms with Crippen LogP contribution in [0.25, 0.3) is 0 Å². The number of aliphatic hydroxyl groups is 1. The molecule has 102 valence electrons. The first-order valence-corrected chi connectivity index (χ1v) is 8.02. The summed E-state index contributed by atoms with van der Waals surface area (Å²) in [5.41, 5.74) is -0.263. The molecule has 2 atom stereocenters. The number of rotatable bonds is 5. The van der Waals surface area contributed by atoms with Crippen LogP contribution in [0.3, 0.4) is 0 Å². The minimum atomic E-state index is -3.15. The van der Waals surface area contributed by atoms with Crippen LogP contribution in [0.4, 0.5) is 0 Å². The molecule has 0 aliphatic carbocycles. The number of aliphatic hydroxyl groups excluding tert-OH is 1. The van der Waals surface area contributed by atoms with Gasteiger partial charge in [0.25, 0.3) is 0 Å². The van der Waals surface area contributed by atoms with Crippen molar-refractivity contribution in [1.29, 1.82) is 0 Å². The zero-order valence-electron chi connectivity index (χ0n) is 11.1. The molecule has 1 fully saturated rings. The Kier molecular flexibility index (Phi) is 4.98. The second-order valence-corrected chi connectivity index (χ2v) is 7.71. The Hall–Kier alpha value is -0.130. The fourth-order valence-electron chi connectivity index (χ4n) is 2.22. The Morgan fingerprint density at radius 3 is 2.65 bits per heavy atom. The number of piperidine rings is 1. The highest BCUT2D eigenvalue weighted by Gasteiger charge is 2.36. The maximum Gasteiger partial charge on any atom is 0.214 e. The minimum absolute atomic E-state index is 0.0579. The van der Waals surface area contributed by atoms with E-state index < -0.39 is 10.0 Å². The smallest absolute Gasteiger partial charge is 0.214 e. The average Bonchev–Trinajstić information content (AvgIpc) is 2.28. The van der Waals surface area contributed by atoms with Gasteiger partial charge in [-0.3, -0.25) is 0 Å². The predicted octanol–water partition coefficient (Wildman–Crippen LogP) is 1.46. The molecule has 0 aromatic carbocycles. The van der Waals surface area contributed by atoms with Gasteiger partial charge in [-0.15, -0.1) is 0 Å². The molecule has 0 aromatic heterocycles. The van der Waals surface area contributed by atoms with Crippen molar-refractivity contribution < 1.29 is 13.5 Å². The van der Waals surface area contributed by atoms with Crippen LogP contribution < -0.4 is 0 Å². The van der Waals surface area contributed by atoms with Gasteiger partial charge in [0.05, 0.1) is 5.75 Å². The van der Waals surface area contributed by atoms with Crippen molar-refractivity contribution in [3.05, 3.63) is 0 Å². The van der Waals surface area contributed by atoms with Gasteiger partial charge in [-0.2, -0.15) is 0 Å². The molecule has 4 nitrogen and oxygen atoms in total. The quantitative estimate of drug-likeness (QED) is 0.817. The summed E-state index contributed by atoms with van der Waals surface area (Å²) in [6.07, 6.45) is 2.62. The van der Waals surface area contributed by atoms with Gasteiger partial charge in [0.2, 0.25) is 10.0 Å². The molecule has 2 unspecified atom stereocenters. The molecule has 0 spiro atoms. The molecule has 0 amide bonds. The lowest BCUT2D eigenvalue weighted by molar-refractivity contribution is 0.0809. The van der Waals surface area contributed by atoms with Crippen LogP contribution in [0.1, 0.15) is 40.0 Å². The summed E-state index contributed by atoms with van der Waals surface area (Å²) in [4.78, 5) is 0. The van der Waals surface area contributed by atoms with Crippen molar-refractivity contribution in [2.24, 2.45) is 11.3 Å². The maximum atomic E-state index is 12.2. The van der Waals surface area contributed by atoms with E-state index in [0.29, 0.717) is 13.1 Å². The Morgan fingerprint density at radius 2 is 2.12 bits per heavy atom. The highest BCUT2D eigenvalue weighted by atomic mass is 32.2. The van der Waals surface area contributed by atoms with Crippen LogP contribution in [-0.4, -0.2) is 43.3 Å². The van der Waals surface area contributed by atoms with E-state index in [1.165, 1.54) is 0 Å². The molecule has 1 saturated heterocycles. The van der Waals surface area contributed by atoms with E-state index in [-0.39, 0.29) is 23.7 Å². The van der Waals surface area contributed by atoms with E-state index in [1.54, 1.807) is 4.31 Å². The second-order valence-electron chi connectivity index (χ2n) is 5.70. The number of hydrogen-bond donors (Lipinski definition) is 1. The van der Waals surface area contributed by atoms with Crippen molar-refractivity contribution in [1.82, 2.24) is 4.31 Å². The van der Waals surface area contributed by atoms with E-state index in [9.17, 15) is 13.5 Å². The van der Waals surface area contributed by atoms with E-state index >= 15 is 0 Å². The van der Waals surface area contributed by atoms with Crippen LogP contribution in [0.5, 0.6) is 0 Å². The van der Waals surface area contributed by atoms with Gasteiger partial charge in [0, 0.05) is 25.1 Å². The van der Waals surface area contributed by atoms with Gasteiger partial charge in [0.15, 0.2) is 0 Å². The highest BCUT2D eigenvalue weighted by molar-refractivity contribution is 7.89. The molecule has 0 bridgehead atoms. The molecule has 5 heteroatoms. The van der Waals surface area contributed by atoms with Crippen molar-refractivity contribution >= 4 is 10.0 Å². The van der Waals surface area contributed by atoms with Gasteiger partial charge in [-0.25, -0.2) is 12.7 Å². The molecule has 0 radical (unpaired) electrons. The third-order valence-electron chi connectivity index (χ3n) is 3.71. The van der Waals surface area contributed by atoms with Crippen molar-refractivity contribution in [2.45, 2.75) is 40.0 Å². The molecule has 1 aliphatic heterocycles. The van der Waals surface area contributed by atoms with Crippen LogP contribution in [0.15, 0.2) is 0 Å². The van der Waals surface area contributed by atoms with Gasteiger partial charge in [-0.05, 0) is 18.8 Å². The number of sulfonamides is 1. The second kappa shape index (κ2) is 5.67. The monoisotopic (exact) mass is 263 g/mol. The molecule has 1 rings (SSSR count). The van der Waals surface area contributed by atoms with Crippen LogP contribution >= 0.6 is 0 Å². The van der Waals surface area contributed by atoms with Crippen LogP contribution in [0, 0.1) is 11.3 Å². The summed E-state index contributed by atoms with van der Waals surface area (Å²) in [5, 5.41) is 9.34. The van der Waals surface area contributed by atoms with Gasteiger partial charge in [0.1, 0.15) is 0 Å². The van der Waals surface area contributed by atoms with E-state index in [4.69, 9.17) is 0 Å². The molecule has 17 heavy (non-hydrogen) atoms. The molecule has 1 aliphatic rings. The van der Waals surface area contributed by atoms with Gasteiger partial charge >= 0.3 is 0 Å². The van der Waals surface area contributed by atoms with Gasteiger partial charge < -0.3 is 5.11 Å². The molecule has 1 heterocycles. The summed E-state index contributed by atoms with van der Waals surface area (Å²) in [5.74, 6) is 0.424. The summed E-state index contributed by atoms with van der Waals surface area (Å²) < 4.78 is 26.0. The van der Waals surface area contributed by atoms with Crippen molar-refractivity contribution in [3.63, 3.8) is 0 Å². The molecule has 0 aromatic rings. The fraction of sp³-hybridized carbons (Fsp3) is 1.00. The minimum Gasteiger partial charge on any atom is -0.396 e. The Bertz CT molecular complexity index is 342. The topological polar surface area (TPSA) is 57.6 Å². The molecular weight excluding hydrogens is 238 g/mol. The van der Waals surface area contributed by atoms with E-state index in [0.717, 1.165) is 19.3 Å². The molecule has 1 N–H and O–H groups in total. The number of nitrogens with zero attached hydrogens (tertiary/aromatic N) is 1. The zero-order chi connectivity index (χ0) is 13.1. The Balaban J connectivity index is 2.72. The first-order chi connectivity index (χ1) is 7.83. The summed E-state index contributed by atoms with van der Waals surface area (Å²) >= 11 is 0. The molecular formula is C12H25NO3S. The summed E-state index contributed by atoms with van der Waals surface area (Å²) in [7, 11) is -3.15. The molecule has 0 saturated carbocycles. The SMILES string of the molecule is CCC(C)CS(=O)(=O)N1CCCC(C)(CO)C1. The lowest BCUT2D eigenvalue weighted by atomic mass is 9.84. The van der Waals surface area contributed by atoms with E-state index in [1.807, 2.05) is 20.8 Å². The Labute approximate surface area is 105 Å². The zero-order valence-corrected chi connectivity index (χ0v) is 12.0. The first-order valence-electron chi connectivity index (χ1n) is 6.41. The number of hydrogen-bond acceptors (Lipinski definition) is 3. The third-order valence-corrected chi connectivity index (χ3v) is 5.80. The average molecular weight is 263 g/mol. The summed E-state index contributed by atoms with van der Waals surface area (Å²) in [6, 6.07) is 0. The highest BCUT2D eigenvalue weighted by Crippen LogP contribution is 2.30. The van der Waals surface area contributed by atoms with Crippen LogP contribution in [-0.2, 0) is 10.0 Å². The predicted molar refractivity (Wildman–Crippen MR) is 69.2 cm³/mol. The van der Waals surface area contributed by atoms with Crippen molar-refractivity contribution in [2.75, 3.05) is 25.4 Å². The lowest BCUT2D eigenvalue weighted by Gasteiger charge is -2.38. The van der Waals surface area contributed by atoms with Gasteiger partial charge in [-0.1, -0.05) is 27.2 Å². The van der Waals surface area contributed by atoms with E-state index in [2.05, 4.69) is 0 Å². The maximum absolute atomic E-state index is 12.2. The fourth-order valence-corrected chi connectivity index (χ4v) is 4.30. The summed E-state index contributed by atoms with van der Waals surface area (Å²) in [6.45, 7) is 7.05. The standard InChI is InChI=1S/C12H25NO3S/c1-4-11(2)8-17(15,16)13-7-5-6-12(3,9-13)10-14/h11,14H,4-10H2,1-3H3. The first kappa shape index (κ1) is 14.9. The third kappa shape index (κ3) is 3.93. The normalized spacial score (nSPS) is 29.2. The lowest BCUT2D eigenvalue weighted by Crippen LogP contribution is -2.47. The van der Waals surface area contributed by atoms with Crippen LogP contribution in [0.2, 0.25) is 0 Å². The Morgan fingerprint density at radius 1 is 1.47 bits per heavy atom. The van der Waals surface area contributed by atoms with Crippen molar-refractivity contribution in [3.8, 4) is 0 Å².